The third kappa shape index (κ3) is 3.93. The number of ether oxygens (including phenoxy) is 1. The van der Waals surface area contributed by atoms with Crippen LogP contribution in [0.5, 0.6) is 0 Å². The van der Waals surface area contributed by atoms with Crippen molar-refractivity contribution in [3.63, 3.8) is 0 Å². The topological polar surface area (TPSA) is 73.1 Å². The number of aromatic nitrogens is 4. The lowest BCUT2D eigenvalue weighted by atomic mass is 9.92. The summed E-state index contributed by atoms with van der Waals surface area (Å²) in [6, 6.07) is 1.80. The van der Waals surface area contributed by atoms with Gasteiger partial charge in [-0.1, -0.05) is 0 Å². The first-order valence-corrected chi connectivity index (χ1v) is 9.35. The molecule has 0 N–H and O–H groups in total. The molecular weight excluding hydrogens is 330 g/mol. The molecule has 1 fully saturated rings. The van der Waals surface area contributed by atoms with E-state index in [9.17, 15) is 4.79 Å². The first-order chi connectivity index (χ1) is 12.6. The molecule has 0 bridgehead atoms. The fraction of sp³-hybridized carbons (Fsp3) is 0.579. The van der Waals surface area contributed by atoms with Crippen LogP contribution in [-0.2, 0) is 17.9 Å². The van der Waals surface area contributed by atoms with E-state index < -0.39 is 0 Å². The SMILES string of the molecule is CCOCc1cnc(C)nc1C1CCCN(C(=O)c2ccnn2CC)C1. The Kier molecular flexibility index (Phi) is 5.98. The molecule has 2 aromatic heterocycles. The molecule has 7 heteroatoms. The minimum Gasteiger partial charge on any atom is -0.377 e. The van der Waals surface area contributed by atoms with E-state index in [1.165, 1.54) is 0 Å². The highest BCUT2D eigenvalue weighted by Gasteiger charge is 2.29. The summed E-state index contributed by atoms with van der Waals surface area (Å²) in [6.45, 7) is 9.18. The molecule has 1 atom stereocenters. The number of aryl methyl sites for hydroxylation is 2. The zero-order valence-electron chi connectivity index (χ0n) is 15.8. The van der Waals surface area contributed by atoms with Crippen molar-refractivity contribution in [3.05, 3.63) is 41.2 Å². The maximum Gasteiger partial charge on any atom is 0.272 e. The lowest BCUT2D eigenvalue weighted by molar-refractivity contribution is 0.0691. The summed E-state index contributed by atoms with van der Waals surface area (Å²) in [7, 11) is 0. The van der Waals surface area contributed by atoms with Crippen molar-refractivity contribution in [2.45, 2.75) is 52.7 Å². The number of nitrogens with zero attached hydrogens (tertiary/aromatic N) is 5. The molecule has 1 saturated heterocycles. The van der Waals surface area contributed by atoms with Gasteiger partial charge in [0, 0.05) is 50.1 Å². The second-order valence-electron chi connectivity index (χ2n) is 6.59. The smallest absolute Gasteiger partial charge is 0.272 e. The number of hydrogen-bond acceptors (Lipinski definition) is 5. The molecule has 0 radical (unpaired) electrons. The lowest BCUT2D eigenvalue weighted by Crippen LogP contribution is -2.40. The molecule has 0 aromatic carbocycles. The van der Waals surface area contributed by atoms with Crippen LogP contribution in [-0.4, -0.2) is 50.3 Å². The van der Waals surface area contributed by atoms with Crippen molar-refractivity contribution in [2.24, 2.45) is 0 Å². The summed E-state index contributed by atoms with van der Waals surface area (Å²) in [5.41, 5.74) is 2.70. The Morgan fingerprint density at radius 1 is 1.38 bits per heavy atom. The Balaban J connectivity index is 1.80. The number of rotatable bonds is 6. The third-order valence-corrected chi connectivity index (χ3v) is 4.81. The van der Waals surface area contributed by atoms with Crippen LogP contribution >= 0.6 is 0 Å². The summed E-state index contributed by atoms with van der Waals surface area (Å²) < 4.78 is 7.33. The van der Waals surface area contributed by atoms with Crippen molar-refractivity contribution in [1.29, 1.82) is 0 Å². The molecule has 26 heavy (non-hydrogen) atoms. The number of likely N-dealkylation sites (tertiary alicyclic amines) is 1. The molecule has 0 spiro atoms. The van der Waals surface area contributed by atoms with Gasteiger partial charge in [0.05, 0.1) is 12.3 Å². The van der Waals surface area contributed by atoms with Crippen molar-refractivity contribution in [2.75, 3.05) is 19.7 Å². The van der Waals surface area contributed by atoms with Crippen LogP contribution in [0.1, 0.15) is 60.2 Å². The summed E-state index contributed by atoms with van der Waals surface area (Å²) in [5, 5.41) is 4.22. The maximum absolute atomic E-state index is 12.9. The van der Waals surface area contributed by atoms with Gasteiger partial charge in [-0.05, 0) is 39.7 Å². The summed E-state index contributed by atoms with van der Waals surface area (Å²) in [4.78, 5) is 23.9. The fourth-order valence-corrected chi connectivity index (χ4v) is 3.50. The molecule has 1 aliphatic rings. The quantitative estimate of drug-likeness (QED) is 0.794. The van der Waals surface area contributed by atoms with Gasteiger partial charge in [-0.15, -0.1) is 0 Å². The Morgan fingerprint density at radius 3 is 3.00 bits per heavy atom. The van der Waals surface area contributed by atoms with Crippen molar-refractivity contribution >= 4 is 5.91 Å². The highest BCUT2D eigenvalue weighted by atomic mass is 16.5. The normalized spacial score (nSPS) is 17.5. The van der Waals surface area contributed by atoms with Gasteiger partial charge in [-0.3, -0.25) is 9.48 Å². The van der Waals surface area contributed by atoms with E-state index >= 15 is 0 Å². The van der Waals surface area contributed by atoms with Crippen LogP contribution in [0.2, 0.25) is 0 Å². The van der Waals surface area contributed by atoms with Gasteiger partial charge in [-0.25, -0.2) is 9.97 Å². The highest BCUT2D eigenvalue weighted by Crippen LogP contribution is 2.29. The van der Waals surface area contributed by atoms with E-state index in [1.807, 2.05) is 31.9 Å². The molecule has 7 nitrogen and oxygen atoms in total. The van der Waals surface area contributed by atoms with Gasteiger partial charge >= 0.3 is 0 Å². The average Bonchev–Trinajstić information content (AvgIpc) is 3.15. The van der Waals surface area contributed by atoms with Crippen molar-refractivity contribution < 1.29 is 9.53 Å². The lowest BCUT2D eigenvalue weighted by Gasteiger charge is -2.33. The van der Waals surface area contributed by atoms with E-state index in [-0.39, 0.29) is 11.8 Å². The van der Waals surface area contributed by atoms with Crippen LogP contribution < -0.4 is 0 Å². The van der Waals surface area contributed by atoms with Gasteiger partial charge in [0.1, 0.15) is 11.5 Å². The summed E-state index contributed by atoms with van der Waals surface area (Å²) in [6.07, 6.45) is 5.53. The zero-order valence-corrected chi connectivity index (χ0v) is 15.8. The van der Waals surface area contributed by atoms with Crippen molar-refractivity contribution in [3.8, 4) is 0 Å². The fourth-order valence-electron chi connectivity index (χ4n) is 3.50. The molecule has 140 valence electrons. The van der Waals surface area contributed by atoms with Crippen LogP contribution in [0.4, 0.5) is 0 Å². The standard InChI is InChI=1S/C19H27N5O2/c1-4-24-17(8-9-21-24)19(25)23-10-6-7-15(12-23)18-16(13-26-5-2)11-20-14(3)22-18/h8-9,11,15H,4-7,10,12-13H2,1-3H3. The first kappa shape index (κ1) is 18.5. The molecule has 0 aliphatic carbocycles. The second-order valence-corrected chi connectivity index (χ2v) is 6.59. The predicted molar refractivity (Wildman–Crippen MR) is 97.9 cm³/mol. The van der Waals surface area contributed by atoms with Gasteiger partial charge in [0.2, 0.25) is 0 Å². The van der Waals surface area contributed by atoms with Crippen molar-refractivity contribution in [1.82, 2.24) is 24.6 Å². The second kappa shape index (κ2) is 8.40. The zero-order chi connectivity index (χ0) is 18.5. The van der Waals surface area contributed by atoms with E-state index in [1.54, 1.807) is 16.9 Å². The van der Waals surface area contributed by atoms with E-state index in [4.69, 9.17) is 9.72 Å². The number of hydrogen-bond donors (Lipinski definition) is 0. The van der Waals surface area contributed by atoms with Gasteiger partial charge in [-0.2, -0.15) is 5.10 Å². The average molecular weight is 357 g/mol. The van der Waals surface area contributed by atoms with E-state index in [0.29, 0.717) is 32.0 Å². The Bertz CT molecular complexity index is 758. The molecule has 0 saturated carbocycles. The van der Waals surface area contributed by atoms with Gasteiger partial charge < -0.3 is 9.64 Å². The Morgan fingerprint density at radius 2 is 2.23 bits per heavy atom. The molecular formula is C19H27N5O2. The third-order valence-electron chi connectivity index (χ3n) is 4.81. The largest absolute Gasteiger partial charge is 0.377 e. The summed E-state index contributed by atoms with van der Waals surface area (Å²) in [5.74, 6) is 1.02. The molecule has 2 aromatic rings. The molecule has 3 rings (SSSR count). The van der Waals surface area contributed by atoms with Crippen LogP contribution in [0.15, 0.2) is 18.5 Å². The van der Waals surface area contributed by atoms with Gasteiger partial charge in [0.25, 0.3) is 5.91 Å². The monoisotopic (exact) mass is 357 g/mol. The van der Waals surface area contributed by atoms with Crippen LogP contribution in [0, 0.1) is 6.92 Å². The Hall–Kier alpha value is -2.28. The van der Waals surface area contributed by atoms with E-state index in [2.05, 4.69) is 10.1 Å². The number of piperidine rings is 1. The molecule has 3 heterocycles. The van der Waals surface area contributed by atoms with Crippen LogP contribution in [0.25, 0.3) is 0 Å². The number of carbonyl (C=O) groups excluding carboxylic acids is 1. The van der Waals surface area contributed by atoms with Crippen LogP contribution in [0.3, 0.4) is 0 Å². The molecule has 1 amide bonds. The maximum atomic E-state index is 12.9. The predicted octanol–water partition coefficient (Wildman–Crippen LogP) is 2.56. The van der Waals surface area contributed by atoms with E-state index in [0.717, 1.165) is 36.5 Å². The Labute approximate surface area is 154 Å². The minimum atomic E-state index is 0.0474. The first-order valence-electron chi connectivity index (χ1n) is 9.35. The number of amides is 1. The highest BCUT2D eigenvalue weighted by molar-refractivity contribution is 5.92. The number of carbonyl (C=O) groups is 1. The molecule has 1 aliphatic heterocycles. The van der Waals surface area contributed by atoms with Gasteiger partial charge in [0.15, 0.2) is 0 Å². The molecule has 1 unspecified atom stereocenters. The minimum absolute atomic E-state index is 0.0474. The summed E-state index contributed by atoms with van der Waals surface area (Å²) >= 11 is 0.